The number of nitrogens with zero attached hydrogens (tertiary/aromatic N) is 4. The molecule has 1 aromatic heterocycles. The predicted molar refractivity (Wildman–Crippen MR) is 95.3 cm³/mol. The van der Waals surface area contributed by atoms with Gasteiger partial charge in [-0.25, -0.2) is 4.39 Å². The van der Waals surface area contributed by atoms with Crippen LogP contribution in [0.3, 0.4) is 0 Å². The predicted octanol–water partition coefficient (Wildman–Crippen LogP) is 3.58. The number of rotatable bonds is 3. The monoisotopic (exact) mass is 362 g/mol. The molecule has 0 bridgehead atoms. The van der Waals surface area contributed by atoms with Crippen molar-refractivity contribution in [2.24, 2.45) is 0 Å². The van der Waals surface area contributed by atoms with Gasteiger partial charge in [-0.1, -0.05) is 17.3 Å². The fourth-order valence-electron chi connectivity index (χ4n) is 3.18. The van der Waals surface area contributed by atoms with Crippen molar-refractivity contribution >= 4 is 11.6 Å². The molecule has 1 aliphatic heterocycles. The van der Waals surface area contributed by atoms with Gasteiger partial charge in [-0.05, 0) is 42.8 Å². The zero-order valence-corrected chi connectivity index (χ0v) is 14.5. The van der Waals surface area contributed by atoms with Gasteiger partial charge < -0.3 is 9.42 Å². The maximum Gasteiger partial charge on any atom is 0.257 e. The van der Waals surface area contributed by atoms with Gasteiger partial charge in [0, 0.05) is 24.4 Å². The minimum absolute atomic E-state index is 0.178. The summed E-state index contributed by atoms with van der Waals surface area (Å²) >= 11 is 0. The number of benzene rings is 2. The van der Waals surface area contributed by atoms with Crippen molar-refractivity contribution in [3.63, 3.8) is 0 Å². The summed E-state index contributed by atoms with van der Waals surface area (Å²) in [5, 5.41) is 13.0. The van der Waals surface area contributed by atoms with Crippen molar-refractivity contribution in [3.8, 4) is 17.5 Å². The zero-order chi connectivity index (χ0) is 19.0. The minimum Gasteiger partial charge on any atom is -0.334 e. The average Bonchev–Trinajstić information content (AvgIpc) is 3.31. The molecule has 1 amide bonds. The SMILES string of the molecule is Cc1ccc(F)c(N2CC(c3noc(-c4cccc(C#N)c4)n3)CC2=O)c1. The third-order valence-electron chi connectivity index (χ3n) is 4.56. The van der Waals surface area contributed by atoms with Gasteiger partial charge in [0.25, 0.3) is 5.89 Å². The summed E-state index contributed by atoms with van der Waals surface area (Å²) in [7, 11) is 0. The molecule has 1 atom stereocenters. The van der Waals surface area contributed by atoms with Crippen LogP contribution in [-0.2, 0) is 4.79 Å². The van der Waals surface area contributed by atoms with E-state index in [9.17, 15) is 9.18 Å². The summed E-state index contributed by atoms with van der Waals surface area (Å²) in [6.07, 6.45) is 0.185. The van der Waals surface area contributed by atoms with Crippen molar-refractivity contribution in [3.05, 3.63) is 65.2 Å². The number of hydrogen-bond donors (Lipinski definition) is 0. The van der Waals surface area contributed by atoms with Crippen LogP contribution in [0.2, 0.25) is 0 Å². The Morgan fingerprint density at radius 3 is 2.96 bits per heavy atom. The second kappa shape index (κ2) is 6.65. The van der Waals surface area contributed by atoms with E-state index in [1.165, 1.54) is 11.0 Å². The van der Waals surface area contributed by atoms with Crippen molar-refractivity contribution in [1.29, 1.82) is 5.26 Å². The van der Waals surface area contributed by atoms with E-state index in [4.69, 9.17) is 9.78 Å². The highest BCUT2D eigenvalue weighted by atomic mass is 19.1. The molecule has 7 heteroatoms. The van der Waals surface area contributed by atoms with Crippen molar-refractivity contribution in [2.45, 2.75) is 19.3 Å². The molecule has 1 fully saturated rings. The van der Waals surface area contributed by atoms with Crippen molar-refractivity contribution < 1.29 is 13.7 Å². The molecular weight excluding hydrogens is 347 g/mol. The molecule has 27 heavy (non-hydrogen) atoms. The minimum atomic E-state index is -0.434. The van der Waals surface area contributed by atoms with E-state index in [-0.39, 0.29) is 36.4 Å². The highest BCUT2D eigenvalue weighted by molar-refractivity contribution is 5.96. The maximum absolute atomic E-state index is 14.2. The lowest BCUT2D eigenvalue weighted by Crippen LogP contribution is -2.25. The van der Waals surface area contributed by atoms with Crippen LogP contribution < -0.4 is 4.90 Å². The number of carbonyl (C=O) groups excluding carboxylic acids is 1. The smallest absolute Gasteiger partial charge is 0.257 e. The van der Waals surface area contributed by atoms with E-state index in [0.717, 1.165) is 5.56 Å². The van der Waals surface area contributed by atoms with Gasteiger partial charge in [0.1, 0.15) is 5.82 Å². The summed E-state index contributed by atoms with van der Waals surface area (Å²) in [6.45, 7) is 2.14. The Hall–Kier alpha value is -3.53. The third-order valence-corrected chi connectivity index (χ3v) is 4.56. The number of amides is 1. The highest BCUT2D eigenvalue weighted by Crippen LogP contribution is 2.33. The van der Waals surface area contributed by atoms with E-state index in [1.54, 1.807) is 36.4 Å². The Morgan fingerprint density at radius 2 is 2.15 bits per heavy atom. The largest absolute Gasteiger partial charge is 0.334 e. The van der Waals surface area contributed by atoms with Crippen LogP contribution in [0.1, 0.15) is 29.3 Å². The van der Waals surface area contributed by atoms with E-state index < -0.39 is 5.82 Å². The second-order valence-corrected chi connectivity index (χ2v) is 6.51. The summed E-state index contributed by atoms with van der Waals surface area (Å²) in [5.74, 6) is -0.209. The van der Waals surface area contributed by atoms with Crippen LogP contribution >= 0.6 is 0 Å². The van der Waals surface area contributed by atoms with Gasteiger partial charge in [0.15, 0.2) is 5.82 Å². The number of anilines is 1. The number of carbonyl (C=O) groups is 1. The molecule has 3 aromatic rings. The van der Waals surface area contributed by atoms with Crippen LogP contribution in [0.4, 0.5) is 10.1 Å². The van der Waals surface area contributed by atoms with Crippen LogP contribution in [-0.4, -0.2) is 22.6 Å². The Morgan fingerprint density at radius 1 is 1.30 bits per heavy atom. The Bertz CT molecular complexity index is 1070. The van der Waals surface area contributed by atoms with Gasteiger partial charge >= 0.3 is 0 Å². The normalized spacial score (nSPS) is 16.6. The number of aromatic nitrogens is 2. The van der Waals surface area contributed by atoms with Gasteiger partial charge in [0.05, 0.1) is 17.3 Å². The first kappa shape index (κ1) is 16.9. The Labute approximate surface area is 154 Å². The van der Waals surface area contributed by atoms with Crippen LogP contribution in [0.25, 0.3) is 11.5 Å². The van der Waals surface area contributed by atoms with Crippen LogP contribution in [0.5, 0.6) is 0 Å². The molecule has 2 heterocycles. The molecule has 1 aliphatic rings. The zero-order valence-electron chi connectivity index (χ0n) is 14.5. The van der Waals surface area contributed by atoms with Crippen LogP contribution in [0.15, 0.2) is 47.0 Å². The van der Waals surface area contributed by atoms with Gasteiger partial charge in [-0.15, -0.1) is 0 Å². The second-order valence-electron chi connectivity index (χ2n) is 6.51. The summed E-state index contributed by atoms with van der Waals surface area (Å²) in [4.78, 5) is 18.2. The third kappa shape index (κ3) is 3.17. The molecule has 0 radical (unpaired) electrons. The summed E-state index contributed by atoms with van der Waals surface area (Å²) in [6, 6.07) is 13.6. The molecule has 1 saturated heterocycles. The molecule has 0 spiro atoms. The van der Waals surface area contributed by atoms with E-state index in [2.05, 4.69) is 16.2 Å². The molecule has 0 aliphatic carbocycles. The molecular formula is C20H15FN4O2. The standard InChI is InChI=1S/C20H15FN4O2/c1-12-5-6-16(21)17(7-12)25-11-15(9-18(25)26)19-23-20(27-24-19)14-4-2-3-13(8-14)10-22/h2-8,15H,9,11H2,1H3. The molecule has 2 aromatic carbocycles. The lowest BCUT2D eigenvalue weighted by atomic mass is 10.1. The first-order valence-electron chi connectivity index (χ1n) is 8.46. The molecule has 0 saturated carbocycles. The Kier molecular flexibility index (Phi) is 4.16. The lowest BCUT2D eigenvalue weighted by Gasteiger charge is -2.17. The van der Waals surface area contributed by atoms with Crippen molar-refractivity contribution in [1.82, 2.24) is 10.1 Å². The van der Waals surface area contributed by atoms with Crippen LogP contribution in [0, 0.1) is 24.1 Å². The molecule has 1 unspecified atom stereocenters. The maximum atomic E-state index is 14.2. The Balaban J connectivity index is 1.59. The quantitative estimate of drug-likeness (QED) is 0.711. The number of nitriles is 1. The number of aryl methyl sites for hydroxylation is 1. The average molecular weight is 362 g/mol. The molecule has 134 valence electrons. The highest BCUT2D eigenvalue weighted by Gasteiger charge is 2.35. The summed E-state index contributed by atoms with van der Waals surface area (Å²) in [5.41, 5.74) is 2.28. The van der Waals surface area contributed by atoms with E-state index in [1.807, 2.05) is 6.92 Å². The molecule has 0 N–H and O–H groups in total. The lowest BCUT2D eigenvalue weighted by molar-refractivity contribution is -0.117. The van der Waals surface area contributed by atoms with E-state index >= 15 is 0 Å². The van der Waals surface area contributed by atoms with E-state index in [0.29, 0.717) is 17.0 Å². The number of halogens is 1. The molecule has 4 rings (SSSR count). The van der Waals surface area contributed by atoms with Gasteiger partial charge in [0.2, 0.25) is 5.91 Å². The fourth-order valence-corrected chi connectivity index (χ4v) is 3.18. The topological polar surface area (TPSA) is 83.0 Å². The van der Waals surface area contributed by atoms with Gasteiger partial charge in [-0.2, -0.15) is 10.2 Å². The van der Waals surface area contributed by atoms with Crippen molar-refractivity contribution in [2.75, 3.05) is 11.4 Å². The molecule has 6 nitrogen and oxygen atoms in total. The first-order chi connectivity index (χ1) is 13.0. The number of hydrogen-bond acceptors (Lipinski definition) is 5. The fraction of sp³-hybridized carbons (Fsp3) is 0.200. The summed E-state index contributed by atoms with van der Waals surface area (Å²) < 4.78 is 19.5. The first-order valence-corrected chi connectivity index (χ1v) is 8.46. The van der Waals surface area contributed by atoms with Gasteiger partial charge in [-0.3, -0.25) is 4.79 Å².